The summed E-state index contributed by atoms with van der Waals surface area (Å²) in [4.78, 5) is 24.0. The molecule has 0 heterocycles. The number of carboxylic acid groups (broad SMARTS) is 1. The lowest BCUT2D eigenvalue weighted by atomic mass is 10.1. The van der Waals surface area contributed by atoms with Crippen LogP contribution in [0, 0.1) is 0 Å². The molecule has 25 heavy (non-hydrogen) atoms. The third-order valence-corrected chi connectivity index (χ3v) is 4.93. The number of halogens is 4. The Balaban J connectivity index is 2.43. The smallest absolute Gasteiger partial charge is 0.338 e. The van der Waals surface area contributed by atoms with Gasteiger partial charge in [0.1, 0.15) is 5.75 Å². The molecule has 0 aliphatic rings. The van der Waals surface area contributed by atoms with Gasteiger partial charge in [0.15, 0.2) is 0 Å². The lowest BCUT2D eigenvalue weighted by Crippen LogP contribution is -2.18. The average molecular weight is 423 g/mol. The molecule has 2 rings (SSSR count). The van der Waals surface area contributed by atoms with E-state index >= 15 is 0 Å². The lowest BCUT2D eigenvalue weighted by molar-refractivity contribution is 0.0692. The highest BCUT2D eigenvalue weighted by atomic mass is 35.5. The monoisotopic (exact) mass is 421 g/mol. The molecule has 0 aliphatic carbocycles. The molecule has 0 saturated carbocycles. The van der Waals surface area contributed by atoms with Gasteiger partial charge in [-0.1, -0.05) is 46.4 Å². The van der Waals surface area contributed by atoms with E-state index in [0.717, 1.165) is 0 Å². The van der Waals surface area contributed by atoms with Crippen LogP contribution in [0.3, 0.4) is 0 Å². The molecular formula is C16H11Cl4NO4. The van der Waals surface area contributed by atoms with Crippen LogP contribution in [-0.4, -0.2) is 23.6 Å². The molecule has 0 saturated heterocycles. The van der Waals surface area contributed by atoms with Crippen LogP contribution in [0.2, 0.25) is 20.1 Å². The van der Waals surface area contributed by atoms with Crippen LogP contribution in [0.5, 0.6) is 5.75 Å². The Hall–Kier alpha value is -1.66. The Labute approximate surface area is 163 Å². The minimum Gasteiger partial charge on any atom is -0.494 e. The number of carbonyl (C=O) groups excluding carboxylic acids is 1. The van der Waals surface area contributed by atoms with Crippen molar-refractivity contribution in [1.29, 1.82) is 0 Å². The first-order valence-corrected chi connectivity index (χ1v) is 8.42. The van der Waals surface area contributed by atoms with Gasteiger partial charge in [-0.15, -0.1) is 0 Å². The van der Waals surface area contributed by atoms with Crippen LogP contribution in [0.1, 0.15) is 27.6 Å². The maximum Gasteiger partial charge on any atom is 0.338 e. The molecule has 5 nitrogen and oxygen atoms in total. The standard InChI is InChI=1S/C16H11Cl4NO4/c1-2-25-8-5-3-7(4-6-8)21-15(22)9-10(16(23)24)12(18)14(20)13(19)11(9)17/h3-6H,2H2,1H3,(H,21,22)(H,23,24). The van der Waals surface area contributed by atoms with Crippen molar-refractivity contribution in [3.63, 3.8) is 0 Å². The van der Waals surface area contributed by atoms with Gasteiger partial charge in [-0.3, -0.25) is 4.79 Å². The molecule has 0 atom stereocenters. The van der Waals surface area contributed by atoms with Crippen molar-refractivity contribution in [1.82, 2.24) is 0 Å². The predicted molar refractivity (Wildman–Crippen MR) is 99.0 cm³/mol. The normalized spacial score (nSPS) is 10.4. The van der Waals surface area contributed by atoms with Gasteiger partial charge in [0.25, 0.3) is 5.91 Å². The molecule has 9 heteroatoms. The van der Waals surface area contributed by atoms with E-state index in [9.17, 15) is 14.7 Å². The number of hydrogen-bond acceptors (Lipinski definition) is 3. The predicted octanol–water partition coefficient (Wildman–Crippen LogP) is 5.65. The topological polar surface area (TPSA) is 75.6 Å². The molecule has 2 aromatic carbocycles. The first-order valence-electron chi connectivity index (χ1n) is 6.91. The molecule has 1 amide bonds. The largest absolute Gasteiger partial charge is 0.494 e. The van der Waals surface area contributed by atoms with Crippen molar-refractivity contribution < 1.29 is 19.4 Å². The average Bonchev–Trinajstić information content (AvgIpc) is 2.57. The number of amides is 1. The highest BCUT2D eigenvalue weighted by molar-refractivity contribution is 6.54. The second-order valence-corrected chi connectivity index (χ2v) is 6.23. The summed E-state index contributed by atoms with van der Waals surface area (Å²) in [5.41, 5.74) is -0.491. The van der Waals surface area contributed by atoms with Gasteiger partial charge < -0.3 is 15.2 Å². The van der Waals surface area contributed by atoms with Crippen molar-refractivity contribution in [2.75, 3.05) is 11.9 Å². The number of carbonyl (C=O) groups is 2. The molecular weight excluding hydrogens is 412 g/mol. The quantitative estimate of drug-likeness (QED) is 0.482. The Kier molecular flexibility index (Phi) is 6.41. The van der Waals surface area contributed by atoms with Crippen LogP contribution >= 0.6 is 46.4 Å². The number of anilines is 1. The van der Waals surface area contributed by atoms with E-state index in [1.807, 2.05) is 6.92 Å². The van der Waals surface area contributed by atoms with Crippen LogP contribution < -0.4 is 10.1 Å². The summed E-state index contributed by atoms with van der Waals surface area (Å²) in [5.74, 6) is -1.61. The molecule has 0 radical (unpaired) electrons. The van der Waals surface area contributed by atoms with Crippen molar-refractivity contribution >= 4 is 64.0 Å². The van der Waals surface area contributed by atoms with Crippen LogP contribution in [0.4, 0.5) is 5.69 Å². The summed E-state index contributed by atoms with van der Waals surface area (Å²) in [6, 6.07) is 6.49. The lowest BCUT2D eigenvalue weighted by Gasteiger charge is -2.14. The fraction of sp³-hybridized carbons (Fsp3) is 0.125. The molecule has 0 bridgehead atoms. The van der Waals surface area contributed by atoms with E-state index < -0.39 is 17.4 Å². The molecule has 2 aromatic rings. The van der Waals surface area contributed by atoms with Gasteiger partial charge in [-0.25, -0.2) is 4.79 Å². The Bertz CT molecular complexity index is 837. The van der Waals surface area contributed by atoms with Crippen molar-refractivity contribution in [3.05, 3.63) is 55.5 Å². The van der Waals surface area contributed by atoms with Gasteiger partial charge >= 0.3 is 5.97 Å². The number of carboxylic acids is 1. The van der Waals surface area contributed by atoms with Crippen LogP contribution in [0.15, 0.2) is 24.3 Å². The van der Waals surface area contributed by atoms with E-state index in [2.05, 4.69) is 5.32 Å². The summed E-state index contributed by atoms with van der Waals surface area (Å²) in [6.45, 7) is 2.35. The molecule has 2 N–H and O–H groups in total. The SMILES string of the molecule is CCOc1ccc(NC(=O)c2c(Cl)c(Cl)c(Cl)c(Cl)c2C(=O)O)cc1. The molecule has 0 fully saturated rings. The first-order chi connectivity index (χ1) is 11.8. The van der Waals surface area contributed by atoms with Crippen molar-refractivity contribution in [2.24, 2.45) is 0 Å². The maximum atomic E-state index is 12.5. The third kappa shape index (κ3) is 4.12. The second kappa shape index (κ2) is 8.15. The van der Waals surface area contributed by atoms with Crippen molar-refractivity contribution in [2.45, 2.75) is 6.92 Å². The first kappa shape index (κ1) is 19.7. The molecule has 0 aromatic heterocycles. The zero-order chi connectivity index (χ0) is 18.7. The summed E-state index contributed by atoms with van der Waals surface area (Å²) in [6.07, 6.45) is 0. The molecule has 0 aliphatic heterocycles. The summed E-state index contributed by atoms with van der Waals surface area (Å²) in [5, 5.41) is 10.8. The highest BCUT2D eigenvalue weighted by Gasteiger charge is 2.28. The zero-order valence-corrected chi connectivity index (χ0v) is 15.7. The maximum absolute atomic E-state index is 12.5. The number of hydrogen-bond donors (Lipinski definition) is 2. The van der Waals surface area contributed by atoms with E-state index in [-0.39, 0.29) is 25.7 Å². The molecule has 0 unspecified atom stereocenters. The fourth-order valence-electron chi connectivity index (χ4n) is 2.04. The Morgan fingerprint density at radius 2 is 1.48 bits per heavy atom. The van der Waals surface area contributed by atoms with Gasteiger partial charge in [0.2, 0.25) is 0 Å². The number of aromatic carboxylic acids is 1. The van der Waals surface area contributed by atoms with E-state index in [4.69, 9.17) is 51.1 Å². The van der Waals surface area contributed by atoms with Gasteiger partial charge in [0.05, 0.1) is 37.8 Å². The summed E-state index contributed by atoms with van der Waals surface area (Å²) >= 11 is 23.7. The Morgan fingerprint density at radius 3 is 1.96 bits per heavy atom. The molecule has 132 valence electrons. The van der Waals surface area contributed by atoms with Gasteiger partial charge in [0, 0.05) is 5.69 Å². The fourth-order valence-corrected chi connectivity index (χ4v) is 3.06. The van der Waals surface area contributed by atoms with Gasteiger partial charge in [-0.2, -0.15) is 0 Å². The van der Waals surface area contributed by atoms with Gasteiger partial charge in [-0.05, 0) is 31.2 Å². The van der Waals surface area contributed by atoms with Crippen LogP contribution in [-0.2, 0) is 0 Å². The number of rotatable bonds is 5. The van der Waals surface area contributed by atoms with Crippen molar-refractivity contribution in [3.8, 4) is 5.75 Å². The second-order valence-electron chi connectivity index (χ2n) is 4.72. The Morgan fingerprint density at radius 1 is 0.960 bits per heavy atom. The zero-order valence-electron chi connectivity index (χ0n) is 12.7. The minimum absolute atomic E-state index is 0.199. The third-order valence-electron chi connectivity index (χ3n) is 3.13. The van der Waals surface area contributed by atoms with Crippen LogP contribution in [0.25, 0.3) is 0 Å². The number of benzene rings is 2. The number of nitrogens with one attached hydrogen (secondary N) is 1. The van der Waals surface area contributed by atoms with E-state index in [0.29, 0.717) is 18.0 Å². The highest BCUT2D eigenvalue weighted by Crippen LogP contribution is 2.41. The summed E-state index contributed by atoms with van der Waals surface area (Å²) < 4.78 is 5.30. The molecule has 0 spiro atoms. The van der Waals surface area contributed by atoms with E-state index in [1.165, 1.54) is 0 Å². The summed E-state index contributed by atoms with van der Waals surface area (Å²) in [7, 11) is 0. The number of ether oxygens (including phenoxy) is 1. The van der Waals surface area contributed by atoms with E-state index in [1.54, 1.807) is 24.3 Å². The minimum atomic E-state index is -1.46.